The number of piperidine rings is 1. The summed E-state index contributed by atoms with van der Waals surface area (Å²) < 4.78 is 25.5. The van der Waals surface area contributed by atoms with Crippen LogP contribution in [0.5, 0.6) is 5.75 Å². The Morgan fingerprint density at radius 3 is 2.82 bits per heavy atom. The van der Waals surface area contributed by atoms with E-state index in [1.807, 2.05) is 6.07 Å². The fourth-order valence-electron chi connectivity index (χ4n) is 6.03. The van der Waals surface area contributed by atoms with Gasteiger partial charge in [-0.3, -0.25) is 24.5 Å². The molecule has 3 aliphatic heterocycles. The van der Waals surface area contributed by atoms with Gasteiger partial charge in [0.1, 0.15) is 35.9 Å². The normalized spacial score (nSPS) is 18.8. The molecule has 2 atom stereocenters. The number of amides is 4. The number of anilines is 3. The lowest BCUT2D eigenvalue weighted by Gasteiger charge is -2.29. The first-order chi connectivity index (χ1) is 23.7. The van der Waals surface area contributed by atoms with E-state index in [2.05, 4.69) is 25.9 Å². The van der Waals surface area contributed by atoms with Gasteiger partial charge in [0.2, 0.25) is 17.7 Å². The van der Waals surface area contributed by atoms with E-state index in [0.29, 0.717) is 64.8 Å². The molecule has 4 heterocycles. The highest BCUT2D eigenvalue weighted by Crippen LogP contribution is 2.37. The summed E-state index contributed by atoms with van der Waals surface area (Å²) in [6.07, 6.45) is 2.52. The monoisotopic (exact) mass is 704 g/mol. The van der Waals surface area contributed by atoms with Gasteiger partial charge in [-0.15, -0.1) is 11.8 Å². The van der Waals surface area contributed by atoms with Crippen LogP contribution >= 0.6 is 23.4 Å². The van der Waals surface area contributed by atoms with Crippen LogP contribution in [-0.2, 0) is 25.7 Å². The Labute approximate surface area is 289 Å². The van der Waals surface area contributed by atoms with Crippen LogP contribution in [0.3, 0.4) is 0 Å². The minimum absolute atomic E-state index is 0.0395. The molecule has 252 valence electrons. The van der Waals surface area contributed by atoms with Crippen LogP contribution in [0, 0.1) is 5.82 Å². The number of hydrogen-bond acceptors (Lipinski definition) is 10. The van der Waals surface area contributed by atoms with Crippen LogP contribution in [-0.4, -0.2) is 69.6 Å². The number of aromatic nitrogens is 2. The van der Waals surface area contributed by atoms with Gasteiger partial charge in [0.25, 0.3) is 5.91 Å². The lowest BCUT2D eigenvalue weighted by molar-refractivity contribution is -0.137. The maximum Gasteiger partial charge on any atom is 0.255 e. The number of ether oxygens (including phenoxy) is 2. The van der Waals surface area contributed by atoms with Crippen LogP contribution in [0.25, 0.3) is 10.9 Å². The molecule has 15 heteroatoms. The van der Waals surface area contributed by atoms with Gasteiger partial charge in [0.15, 0.2) is 0 Å². The summed E-state index contributed by atoms with van der Waals surface area (Å²) in [7, 11) is 0. The Balaban J connectivity index is 1.06. The minimum Gasteiger partial charge on any atom is -0.486 e. The van der Waals surface area contributed by atoms with E-state index in [1.165, 1.54) is 41.2 Å². The molecule has 1 unspecified atom stereocenters. The second kappa shape index (κ2) is 14.0. The van der Waals surface area contributed by atoms with Crippen molar-refractivity contribution in [3.05, 3.63) is 76.8 Å². The molecule has 12 nitrogen and oxygen atoms in total. The standard InChI is InChI=1S/C34H30ClFN6O6S/c35-23-12-18(4-5-24(23)36)39-32-21-13-26(28(14-25(21)37-17-38-32)48-19-8-10-47-16-19)40-31(44)9-11-49-29-3-1-2-20-22(29)15-42(34(20)46)27-6-7-30(43)41-33(27)45/h1-5,12-14,17,19,27H,6-11,15-16H2,(H,40,44)(H,37,38,39)(H,41,43,45)/t19-,27?/m0/s1. The van der Waals surface area contributed by atoms with Crippen LogP contribution in [0.1, 0.15) is 41.6 Å². The van der Waals surface area contributed by atoms with Crippen LogP contribution in [0.4, 0.5) is 21.6 Å². The van der Waals surface area contributed by atoms with Gasteiger partial charge in [-0.2, -0.15) is 0 Å². The number of nitrogens with one attached hydrogen (secondary N) is 3. The maximum atomic E-state index is 13.8. The third-order valence-corrected chi connectivity index (χ3v) is 9.89. The van der Waals surface area contributed by atoms with Crippen molar-refractivity contribution in [3.63, 3.8) is 0 Å². The van der Waals surface area contributed by atoms with Gasteiger partial charge < -0.3 is 25.0 Å². The first-order valence-electron chi connectivity index (χ1n) is 15.7. The number of nitrogens with zero attached hydrogens (tertiary/aromatic N) is 3. The molecule has 4 aromatic rings. The van der Waals surface area contributed by atoms with E-state index in [9.17, 15) is 23.6 Å². The summed E-state index contributed by atoms with van der Waals surface area (Å²) in [4.78, 5) is 61.8. The average Bonchev–Trinajstić information content (AvgIpc) is 3.71. The van der Waals surface area contributed by atoms with Crippen molar-refractivity contribution in [2.24, 2.45) is 0 Å². The van der Waals surface area contributed by atoms with Crippen molar-refractivity contribution < 1.29 is 33.0 Å². The lowest BCUT2D eigenvalue weighted by atomic mass is 10.0. The molecular formula is C34H30ClFN6O6S. The second-order valence-corrected chi connectivity index (χ2v) is 13.3. The van der Waals surface area contributed by atoms with Gasteiger partial charge in [0, 0.05) is 59.2 Å². The van der Waals surface area contributed by atoms with Crippen molar-refractivity contribution in [1.29, 1.82) is 0 Å². The molecule has 1 aromatic heterocycles. The molecular weight excluding hydrogens is 675 g/mol. The van der Waals surface area contributed by atoms with Crippen LogP contribution in [0.15, 0.2) is 59.8 Å². The highest BCUT2D eigenvalue weighted by atomic mass is 35.5. The zero-order valence-electron chi connectivity index (χ0n) is 26.0. The molecule has 3 N–H and O–H groups in total. The number of rotatable bonds is 10. The molecule has 2 fully saturated rings. The number of carbonyl (C=O) groups is 4. The van der Waals surface area contributed by atoms with E-state index >= 15 is 0 Å². The molecule has 3 aliphatic rings. The molecule has 0 spiro atoms. The average molecular weight is 705 g/mol. The van der Waals surface area contributed by atoms with E-state index < -0.39 is 17.8 Å². The Hall–Kier alpha value is -4.79. The Morgan fingerprint density at radius 2 is 2.02 bits per heavy atom. The predicted octanol–water partition coefficient (Wildman–Crippen LogP) is 5.22. The van der Waals surface area contributed by atoms with Gasteiger partial charge in [-0.25, -0.2) is 14.4 Å². The highest BCUT2D eigenvalue weighted by molar-refractivity contribution is 7.99. The Morgan fingerprint density at radius 1 is 1.14 bits per heavy atom. The molecule has 0 aliphatic carbocycles. The molecule has 3 aromatic carbocycles. The summed E-state index contributed by atoms with van der Waals surface area (Å²) >= 11 is 7.43. The number of thioether (sulfide) groups is 1. The van der Waals surface area contributed by atoms with E-state index in [0.717, 1.165) is 10.5 Å². The fourth-order valence-corrected chi connectivity index (χ4v) is 7.24. The zero-order chi connectivity index (χ0) is 34.1. The summed E-state index contributed by atoms with van der Waals surface area (Å²) in [6.45, 7) is 1.25. The van der Waals surface area contributed by atoms with Crippen molar-refractivity contribution >= 4 is 75.1 Å². The maximum absolute atomic E-state index is 13.8. The molecule has 7 rings (SSSR count). The number of hydrogen-bond donors (Lipinski definition) is 3. The molecule has 0 bridgehead atoms. The minimum atomic E-state index is -0.704. The number of halogens is 2. The quantitative estimate of drug-likeness (QED) is 0.148. The van der Waals surface area contributed by atoms with E-state index in [4.69, 9.17) is 21.1 Å². The van der Waals surface area contributed by atoms with Gasteiger partial charge in [-0.1, -0.05) is 17.7 Å². The SMILES string of the molecule is O=C1CCC(N2Cc3c(SCCC(=O)Nc4cc5c(Nc6ccc(F)c(Cl)c6)ncnc5cc4O[C@H]4CCOC4)cccc3C2=O)C(=O)N1. The van der Waals surface area contributed by atoms with Crippen molar-refractivity contribution in [2.75, 3.05) is 29.6 Å². The topological polar surface area (TPSA) is 152 Å². The first-order valence-corrected chi connectivity index (χ1v) is 17.0. The molecule has 2 saturated heterocycles. The number of fused-ring (bicyclic) bond motifs is 2. The van der Waals surface area contributed by atoms with Gasteiger partial charge in [-0.05, 0) is 48.4 Å². The molecule has 49 heavy (non-hydrogen) atoms. The molecule has 0 radical (unpaired) electrons. The molecule has 4 amide bonds. The third kappa shape index (κ3) is 7.02. The summed E-state index contributed by atoms with van der Waals surface area (Å²) in [5.41, 5.74) is 2.82. The van der Waals surface area contributed by atoms with Crippen molar-refractivity contribution in [1.82, 2.24) is 20.2 Å². The Bertz CT molecular complexity index is 1990. The number of benzene rings is 3. The Kier molecular flexibility index (Phi) is 9.34. The number of carbonyl (C=O) groups excluding carboxylic acids is 4. The summed E-state index contributed by atoms with van der Waals surface area (Å²) in [5, 5.41) is 9.00. The first kappa shape index (κ1) is 32.7. The summed E-state index contributed by atoms with van der Waals surface area (Å²) in [6, 6.07) is 12.4. The predicted molar refractivity (Wildman–Crippen MR) is 181 cm³/mol. The van der Waals surface area contributed by atoms with Crippen molar-refractivity contribution in [3.8, 4) is 5.75 Å². The zero-order valence-corrected chi connectivity index (χ0v) is 27.5. The summed E-state index contributed by atoms with van der Waals surface area (Å²) in [5.74, 6) is -0.576. The third-order valence-electron chi connectivity index (χ3n) is 8.50. The van der Waals surface area contributed by atoms with Gasteiger partial charge >= 0.3 is 0 Å². The van der Waals surface area contributed by atoms with E-state index in [-0.39, 0.29) is 54.7 Å². The van der Waals surface area contributed by atoms with Crippen molar-refractivity contribution in [2.45, 2.75) is 49.3 Å². The van der Waals surface area contributed by atoms with E-state index in [1.54, 1.807) is 24.3 Å². The number of imide groups is 1. The second-order valence-electron chi connectivity index (χ2n) is 11.8. The highest BCUT2D eigenvalue weighted by Gasteiger charge is 2.39. The smallest absolute Gasteiger partial charge is 0.255 e. The van der Waals surface area contributed by atoms with Gasteiger partial charge in [0.05, 0.1) is 29.4 Å². The lowest BCUT2D eigenvalue weighted by Crippen LogP contribution is -2.52. The van der Waals surface area contributed by atoms with Crippen LogP contribution in [0.2, 0.25) is 5.02 Å². The largest absolute Gasteiger partial charge is 0.486 e. The molecule has 0 saturated carbocycles. The van der Waals surface area contributed by atoms with Crippen LogP contribution < -0.4 is 20.7 Å². The fraction of sp³-hybridized carbons (Fsp3) is 0.294.